The predicted octanol–water partition coefficient (Wildman–Crippen LogP) is -1.99. The van der Waals surface area contributed by atoms with Gasteiger partial charge in [-0.1, -0.05) is 18.2 Å². The van der Waals surface area contributed by atoms with E-state index < -0.39 is 41.5 Å². The second-order valence-electron chi connectivity index (χ2n) is 6.91. The van der Waals surface area contributed by atoms with Gasteiger partial charge in [0.05, 0.1) is 21.2 Å². The first-order valence-electron chi connectivity index (χ1n) is 9.39. The summed E-state index contributed by atoms with van der Waals surface area (Å²) < 4.78 is 71.1. The molecule has 0 bridgehead atoms. The zero-order valence-electron chi connectivity index (χ0n) is 19.3. The Morgan fingerprint density at radius 3 is 2.00 bits per heavy atom. The van der Waals surface area contributed by atoms with Gasteiger partial charge in [-0.3, -0.25) is 0 Å². The van der Waals surface area contributed by atoms with Crippen LogP contribution in [0.15, 0.2) is 68.6 Å². The molecule has 4 aromatic rings. The van der Waals surface area contributed by atoms with Crippen LogP contribution in [-0.4, -0.2) is 46.0 Å². The number of aromatic hydroxyl groups is 1. The van der Waals surface area contributed by atoms with E-state index in [-0.39, 0.29) is 97.8 Å². The van der Waals surface area contributed by atoms with Crippen LogP contribution in [0.3, 0.4) is 0 Å². The van der Waals surface area contributed by atoms with Crippen LogP contribution in [-0.2, 0) is 20.2 Å². The third-order valence-corrected chi connectivity index (χ3v) is 6.53. The molecule has 0 saturated carbocycles. The van der Waals surface area contributed by atoms with Gasteiger partial charge in [0, 0.05) is 5.39 Å². The first-order valence-corrected chi connectivity index (χ1v) is 13.0. The normalized spacial score (nSPS) is 11.7. The summed E-state index contributed by atoms with van der Waals surface area (Å²) in [6, 6.07) is 10.4. The Morgan fingerprint density at radius 2 is 1.45 bits per heavy atom. The number of aromatic nitrogens is 3. The molecule has 4 rings (SSSR count). The van der Waals surface area contributed by atoms with Crippen molar-refractivity contribution < 1.29 is 90.2 Å². The van der Waals surface area contributed by atoms with Crippen LogP contribution in [0.25, 0.3) is 10.8 Å². The molecule has 19 heteroatoms. The number of azo groups is 1. The summed E-state index contributed by atoms with van der Waals surface area (Å²) in [6.07, 6.45) is 0. The fraction of sp³-hybridized carbons (Fsp3) is 0. The Kier molecular flexibility index (Phi) is 11.0. The smallest absolute Gasteiger partial charge is 0.744 e. The molecule has 0 radical (unpaired) electrons. The summed E-state index contributed by atoms with van der Waals surface area (Å²) in [5.41, 5.74) is -0.746. The van der Waals surface area contributed by atoms with Gasteiger partial charge in [-0.05, 0) is 58.9 Å². The monoisotopic (exact) mass is 614 g/mol. The Labute approximate surface area is 269 Å². The van der Waals surface area contributed by atoms with Crippen molar-refractivity contribution in [3.63, 3.8) is 0 Å². The minimum absolute atomic E-state index is 0. The zero-order chi connectivity index (χ0) is 26.3. The van der Waals surface area contributed by atoms with E-state index in [1.807, 2.05) is 0 Å². The van der Waals surface area contributed by atoms with Crippen molar-refractivity contribution in [2.45, 2.75) is 9.79 Å². The first kappa shape index (κ1) is 32.7. The molecule has 0 aliphatic carbocycles. The number of phenolic OH excluding ortho intramolecular Hbond substituents is 1. The van der Waals surface area contributed by atoms with Crippen molar-refractivity contribution in [2.75, 3.05) is 5.32 Å². The Hall–Kier alpha value is -1.47. The van der Waals surface area contributed by atoms with E-state index in [0.29, 0.717) is 0 Å². The molecule has 0 aliphatic heterocycles. The van der Waals surface area contributed by atoms with Crippen LogP contribution in [0.5, 0.6) is 5.75 Å². The molecule has 1 aromatic heterocycles. The summed E-state index contributed by atoms with van der Waals surface area (Å²) in [4.78, 5) is 9.26. The van der Waals surface area contributed by atoms with Crippen LogP contribution in [0.1, 0.15) is 0 Å². The number of fused-ring (bicyclic) bond motifs is 1. The van der Waals surface area contributed by atoms with Crippen molar-refractivity contribution in [1.82, 2.24) is 15.0 Å². The van der Waals surface area contributed by atoms with Crippen LogP contribution in [0.2, 0.25) is 10.6 Å². The van der Waals surface area contributed by atoms with Crippen LogP contribution in [0, 0.1) is 0 Å². The summed E-state index contributed by atoms with van der Waals surface area (Å²) >= 11 is 11.5. The van der Waals surface area contributed by atoms with Gasteiger partial charge in [-0.25, -0.2) is 16.8 Å². The zero-order valence-corrected chi connectivity index (χ0v) is 26.5. The quantitative estimate of drug-likeness (QED) is 0.138. The topological polar surface area (TPSA) is 210 Å². The third-order valence-electron chi connectivity index (χ3n) is 4.53. The van der Waals surface area contributed by atoms with Gasteiger partial charge >= 0.3 is 59.1 Å². The second-order valence-corrected chi connectivity index (χ2v) is 10.3. The number of benzene rings is 3. The maximum atomic E-state index is 12.0. The van der Waals surface area contributed by atoms with Crippen molar-refractivity contribution in [3.8, 4) is 5.75 Å². The number of halogens is 2. The molecule has 0 unspecified atom stereocenters. The van der Waals surface area contributed by atoms with E-state index in [1.165, 1.54) is 12.1 Å². The SMILES string of the molecule is O=S(=O)([O-])c1cc(Nc2nc(Cl)nc(Cl)n2)c2c(O)c(N=Nc3ccccc3)c(S(=O)(=O)[O-])cc2c1.[Na+].[Na+]. The van der Waals surface area contributed by atoms with Crippen LogP contribution < -0.4 is 64.4 Å². The molecular weight excluding hydrogens is 605 g/mol. The molecule has 3 aromatic carbocycles. The molecule has 0 saturated heterocycles. The average molecular weight is 615 g/mol. The van der Waals surface area contributed by atoms with Crippen molar-refractivity contribution in [2.24, 2.45) is 10.2 Å². The van der Waals surface area contributed by atoms with E-state index in [1.54, 1.807) is 18.2 Å². The van der Waals surface area contributed by atoms with Gasteiger partial charge in [-0.15, -0.1) is 5.11 Å². The summed E-state index contributed by atoms with van der Waals surface area (Å²) in [5.74, 6) is -1.18. The standard InChI is InChI=1S/C19H12Cl2N6O7S2.2Na/c20-17-23-18(21)25-19(24-17)22-12-8-11(35(29,30)31)6-9-7-13(36(32,33)34)15(16(28)14(9)12)27-26-10-4-2-1-3-5-10;;/h1-8,28H,(H,29,30,31)(H,32,33,34)(H,22,23,24,25);;/q;2*+1/p-2. The minimum atomic E-state index is -5.26. The van der Waals surface area contributed by atoms with Gasteiger partial charge in [-0.2, -0.15) is 20.1 Å². The van der Waals surface area contributed by atoms with Gasteiger partial charge < -0.3 is 19.5 Å². The molecular formula is C19H10Cl2N6Na2O7S2. The maximum Gasteiger partial charge on any atom is 1.00 e. The van der Waals surface area contributed by atoms with Crippen LogP contribution in [0.4, 0.5) is 23.0 Å². The molecule has 13 nitrogen and oxygen atoms in total. The number of nitrogens with zero attached hydrogens (tertiary/aromatic N) is 5. The molecule has 0 spiro atoms. The van der Waals surface area contributed by atoms with Gasteiger partial charge in [0.25, 0.3) is 0 Å². The molecule has 0 aliphatic rings. The Morgan fingerprint density at radius 1 is 0.842 bits per heavy atom. The summed E-state index contributed by atoms with van der Waals surface area (Å²) in [7, 11) is -10.4. The minimum Gasteiger partial charge on any atom is -0.744 e. The van der Waals surface area contributed by atoms with E-state index in [9.17, 15) is 31.0 Å². The van der Waals surface area contributed by atoms with Crippen molar-refractivity contribution in [3.05, 3.63) is 59.1 Å². The molecule has 186 valence electrons. The molecule has 1 heterocycles. The van der Waals surface area contributed by atoms with Gasteiger partial charge in [0.1, 0.15) is 25.9 Å². The summed E-state index contributed by atoms with van der Waals surface area (Å²) in [6.45, 7) is 0. The van der Waals surface area contributed by atoms with E-state index in [4.69, 9.17) is 23.2 Å². The third kappa shape index (κ3) is 7.59. The fourth-order valence-corrected chi connectivity index (χ4v) is 4.64. The number of phenols is 1. The first-order chi connectivity index (χ1) is 16.8. The van der Waals surface area contributed by atoms with Crippen molar-refractivity contribution >= 4 is 77.2 Å². The Balaban J connectivity index is 0.00000253. The Bertz CT molecular complexity index is 1740. The molecule has 0 amide bonds. The number of anilines is 2. The number of rotatable bonds is 6. The molecule has 38 heavy (non-hydrogen) atoms. The predicted molar refractivity (Wildman–Crippen MR) is 125 cm³/mol. The van der Waals surface area contributed by atoms with E-state index in [2.05, 4.69) is 30.5 Å². The maximum absolute atomic E-state index is 12.0. The molecule has 0 atom stereocenters. The van der Waals surface area contributed by atoms with Gasteiger partial charge in [0.2, 0.25) is 16.5 Å². The van der Waals surface area contributed by atoms with Crippen molar-refractivity contribution in [1.29, 1.82) is 0 Å². The molecule has 2 N–H and O–H groups in total. The van der Waals surface area contributed by atoms with E-state index >= 15 is 0 Å². The van der Waals surface area contributed by atoms with Gasteiger partial charge in [0.15, 0.2) is 5.75 Å². The summed E-state index contributed by atoms with van der Waals surface area (Å²) in [5, 5.41) is 19.9. The van der Waals surface area contributed by atoms with Crippen LogP contribution >= 0.6 is 23.2 Å². The average Bonchev–Trinajstić information content (AvgIpc) is 2.76. The molecule has 0 fully saturated rings. The number of nitrogens with one attached hydrogen (secondary N) is 1. The van der Waals surface area contributed by atoms with E-state index in [0.717, 1.165) is 18.2 Å². The fourth-order valence-electron chi connectivity index (χ4n) is 3.09. The largest absolute Gasteiger partial charge is 1.00 e. The number of hydrogen-bond acceptors (Lipinski definition) is 13. The second kappa shape index (κ2) is 12.8. The number of hydrogen-bond donors (Lipinski definition) is 2.